The monoisotopic (exact) mass is 576 g/mol. The largest absolute Gasteiger partial charge is 0.508 e. The van der Waals surface area contributed by atoms with Crippen LogP contribution in [0.1, 0.15) is 123 Å². The van der Waals surface area contributed by atoms with Crippen molar-refractivity contribution in [3.8, 4) is 5.75 Å². The number of benzene rings is 1. The van der Waals surface area contributed by atoms with E-state index < -0.39 is 11.4 Å². The number of esters is 1. The van der Waals surface area contributed by atoms with Crippen molar-refractivity contribution in [2.24, 2.45) is 50.2 Å². The van der Waals surface area contributed by atoms with Gasteiger partial charge in [-0.25, -0.2) is 4.79 Å². The maximum absolute atomic E-state index is 13.1. The Balaban J connectivity index is 1.30. The lowest BCUT2D eigenvalue weighted by molar-refractivity contribution is -0.190. The SMILES string of the molecule is CC1(C)CC[C@]2(C(=O)O)CC=C3[C@]4(C)CC[C@H]5C(C)(C)C(OC(=O)c6ccc(O)cc6)CC[C@]5(C)[C@H]4CC[C@@]3(C)[C@@H]2C1. The number of fused-ring (bicyclic) bond motifs is 7. The highest BCUT2D eigenvalue weighted by Crippen LogP contribution is 2.75. The summed E-state index contributed by atoms with van der Waals surface area (Å²) < 4.78 is 6.21. The van der Waals surface area contributed by atoms with Crippen molar-refractivity contribution in [3.63, 3.8) is 0 Å². The van der Waals surface area contributed by atoms with Crippen molar-refractivity contribution in [1.29, 1.82) is 0 Å². The fourth-order valence-electron chi connectivity index (χ4n) is 11.9. The van der Waals surface area contributed by atoms with Crippen LogP contribution in [-0.2, 0) is 9.53 Å². The molecule has 8 atom stereocenters. The molecule has 0 amide bonds. The molecule has 6 rings (SSSR count). The molecular weight excluding hydrogens is 524 g/mol. The van der Waals surface area contributed by atoms with E-state index in [2.05, 4.69) is 54.5 Å². The van der Waals surface area contributed by atoms with Gasteiger partial charge in [-0.1, -0.05) is 60.1 Å². The van der Waals surface area contributed by atoms with Gasteiger partial charge in [0.05, 0.1) is 11.0 Å². The summed E-state index contributed by atoms with van der Waals surface area (Å²) in [6, 6.07) is 6.33. The van der Waals surface area contributed by atoms with Crippen LogP contribution >= 0.6 is 0 Å². The van der Waals surface area contributed by atoms with E-state index in [1.807, 2.05) is 0 Å². The first-order valence-electron chi connectivity index (χ1n) is 16.4. The number of phenols is 1. The van der Waals surface area contributed by atoms with E-state index in [4.69, 9.17) is 4.74 Å². The number of carboxylic acids is 1. The second kappa shape index (κ2) is 9.35. The molecule has 0 aromatic heterocycles. The van der Waals surface area contributed by atoms with E-state index in [0.717, 1.165) is 57.8 Å². The minimum absolute atomic E-state index is 0.0656. The topological polar surface area (TPSA) is 83.8 Å². The van der Waals surface area contributed by atoms with Gasteiger partial charge in [-0.15, -0.1) is 0 Å². The Morgan fingerprint density at radius 1 is 0.786 bits per heavy atom. The molecule has 4 fully saturated rings. The molecule has 2 N–H and O–H groups in total. The number of hydrogen-bond donors (Lipinski definition) is 2. The lowest BCUT2D eigenvalue weighted by Crippen LogP contribution is -2.64. The molecule has 0 aliphatic heterocycles. The first-order valence-corrected chi connectivity index (χ1v) is 16.4. The van der Waals surface area contributed by atoms with Crippen LogP contribution in [0.2, 0.25) is 0 Å². The molecule has 0 spiro atoms. The maximum atomic E-state index is 13.1. The Hall–Kier alpha value is -2.30. The first-order chi connectivity index (χ1) is 19.5. The molecule has 5 aliphatic rings. The van der Waals surface area contributed by atoms with Crippen molar-refractivity contribution >= 4 is 11.9 Å². The van der Waals surface area contributed by atoms with Gasteiger partial charge in [0.25, 0.3) is 0 Å². The van der Waals surface area contributed by atoms with Crippen LogP contribution < -0.4 is 0 Å². The molecule has 42 heavy (non-hydrogen) atoms. The van der Waals surface area contributed by atoms with Crippen molar-refractivity contribution in [2.75, 3.05) is 0 Å². The van der Waals surface area contributed by atoms with Gasteiger partial charge in [-0.2, -0.15) is 0 Å². The van der Waals surface area contributed by atoms with E-state index in [9.17, 15) is 19.8 Å². The van der Waals surface area contributed by atoms with Crippen molar-refractivity contribution in [2.45, 2.75) is 119 Å². The Kier molecular flexibility index (Phi) is 6.62. The van der Waals surface area contributed by atoms with Crippen LogP contribution in [0.15, 0.2) is 35.9 Å². The predicted octanol–water partition coefficient (Wildman–Crippen LogP) is 8.80. The minimum Gasteiger partial charge on any atom is -0.508 e. The third-order valence-electron chi connectivity index (χ3n) is 14.1. The highest BCUT2D eigenvalue weighted by molar-refractivity contribution is 5.89. The van der Waals surface area contributed by atoms with Gasteiger partial charge in [0.2, 0.25) is 0 Å². The van der Waals surface area contributed by atoms with Crippen LogP contribution in [0.3, 0.4) is 0 Å². The normalized spacial score (nSPS) is 43.5. The number of carbonyl (C=O) groups is 2. The molecule has 0 radical (unpaired) electrons. The molecule has 230 valence electrons. The average molecular weight is 577 g/mol. The Labute approximate surface area is 252 Å². The number of aromatic hydroxyl groups is 1. The van der Waals surface area contributed by atoms with E-state index in [1.54, 1.807) is 17.7 Å². The third-order valence-corrected chi connectivity index (χ3v) is 14.1. The quantitative estimate of drug-likeness (QED) is 0.277. The Morgan fingerprint density at radius 2 is 1.40 bits per heavy atom. The number of hydrogen-bond acceptors (Lipinski definition) is 4. The second-order valence-electron chi connectivity index (χ2n) is 17.0. The Morgan fingerprint density at radius 3 is 2.05 bits per heavy atom. The number of allylic oxidation sites excluding steroid dienone is 2. The molecular formula is C37H52O5. The molecule has 5 aliphatic carbocycles. The summed E-state index contributed by atoms with van der Waals surface area (Å²) in [5.74, 6) is 0.406. The van der Waals surface area contributed by atoms with Crippen LogP contribution in [0, 0.1) is 50.2 Å². The number of rotatable bonds is 3. The van der Waals surface area contributed by atoms with Gasteiger partial charge in [0.15, 0.2) is 0 Å². The van der Waals surface area contributed by atoms with Gasteiger partial charge in [-0.05, 0) is 128 Å². The number of ether oxygens (including phenoxy) is 1. The molecule has 0 bridgehead atoms. The number of phenolic OH excluding ortho intramolecular Hbond substituents is 1. The van der Waals surface area contributed by atoms with Gasteiger partial charge < -0.3 is 14.9 Å². The van der Waals surface area contributed by atoms with Crippen LogP contribution in [0.4, 0.5) is 0 Å². The fourth-order valence-corrected chi connectivity index (χ4v) is 11.9. The number of carbonyl (C=O) groups excluding carboxylic acids is 1. The van der Waals surface area contributed by atoms with E-state index >= 15 is 0 Å². The van der Waals surface area contributed by atoms with Crippen LogP contribution in [0.5, 0.6) is 5.75 Å². The lowest BCUT2D eigenvalue weighted by atomic mass is 9.34. The molecule has 0 heterocycles. The summed E-state index contributed by atoms with van der Waals surface area (Å²) in [7, 11) is 0. The van der Waals surface area contributed by atoms with E-state index in [-0.39, 0.29) is 50.8 Å². The molecule has 1 aromatic carbocycles. The molecule has 1 unspecified atom stereocenters. The fraction of sp³-hybridized carbons (Fsp3) is 0.730. The van der Waals surface area contributed by atoms with E-state index in [0.29, 0.717) is 23.8 Å². The summed E-state index contributed by atoms with van der Waals surface area (Å²) in [5.41, 5.74) is 1.57. The van der Waals surface area contributed by atoms with Gasteiger partial charge in [0.1, 0.15) is 11.9 Å². The zero-order valence-electron chi connectivity index (χ0n) is 26.9. The van der Waals surface area contributed by atoms with Crippen molar-refractivity contribution in [1.82, 2.24) is 0 Å². The van der Waals surface area contributed by atoms with Crippen molar-refractivity contribution < 1.29 is 24.5 Å². The maximum Gasteiger partial charge on any atom is 0.338 e. The molecule has 5 heteroatoms. The van der Waals surface area contributed by atoms with Crippen LogP contribution in [0.25, 0.3) is 0 Å². The first kappa shape index (κ1) is 29.8. The summed E-state index contributed by atoms with van der Waals surface area (Å²) >= 11 is 0. The zero-order valence-corrected chi connectivity index (χ0v) is 26.9. The van der Waals surface area contributed by atoms with Crippen molar-refractivity contribution in [3.05, 3.63) is 41.5 Å². The molecule has 5 nitrogen and oxygen atoms in total. The van der Waals surface area contributed by atoms with Gasteiger partial charge in [0, 0.05) is 5.41 Å². The van der Waals surface area contributed by atoms with Gasteiger partial charge in [-0.3, -0.25) is 4.79 Å². The highest BCUT2D eigenvalue weighted by atomic mass is 16.5. The minimum atomic E-state index is -0.625. The second-order valence-corrected chi connectivity index (χ2v) is 17.0. The Bertz CT molecular complexity index is 1310. The van der Waals surface area contributed by atoms with Gasteiger partial charge >= 0.3 is 11.9 Å². The smallest absolute Gasteiger partial charge is 0.338 e. The number of aliphatic carboxylic acids is 1. The predicted molar refractivity (Wildman–Crippen MR) is 164 cm³/mol. The molecule has 1 aromatic rings. The summed E-state index contributed by atoms with van der Waals surface area (Å²) in [5, 5.41) is 20.3. The van der Waals surface area contributed by atoms with Crippen LogP contribution in [-0.4, -0.2) is 28.3 Å². The third kappa shape index (κ3) is 4.07. The standard InChI is InChI=1S/C37H52O5/c1-32(2)20-21-37(31(40)41)19-14-27-35(6)16-12-25-33(3,4)29(42-30(39)23-8-10-24(38)11-9-23)15-18-34(25,5)26(35)13-17-36(27,7)28(37)22-32/h8-11,14,25-26,28-29,38H,12-13,15-22H2,1-7H3,(H,40,41)/t25-,26+,28-,29?,34-,35+,36+,37+/m0/s1. The molecule has 0 saturated heterocycles. The lowest BCUT2D eigenvalue weighted by Gasteiger charge is -2.70. The summed E-state index contributed by atoms with van der Waals surface area (Å²) in [4.78, 5) is 26.1. The highest BCUT2D eigenvalue weighted by Gasteiger charge is 2.68. The summed E-state index contributed by atoms with van der Waals surface area (Å²) in [6.45, 7) is 16.8. The summed E-state index contributed by atoms with van der Waals surface area (Å²) in [6.07, 6.45) is 12.0. The average Bonchev–Trinajstić information content (AvgIpc) is 2.90. The van der Waals surface area contributed by atoms with E-state index in [1.165, 1.54) is 12.1 Å². The molecule has 4 saturated carbocycles. The zero-order chi connectivity index (χ0) is 30.5. The number of carboxylic acid groups (broad SMARTS) is 1.